The van der Waals surface area contributed by atoms with Gasteiger partial charge in [-0.1, -0.05) is 43.8 Å². The number of Topliss-reactive ketones (excluding diaryl/α,β-unsaturated/α-hetero) is 1. The van der Waals surface area contributed by atoms with E-state index in [0.717, 1.165) is 33.8 Å². The topological polar surface area (TPSA) is 35.5 Å². The summed E-state index contributed by atoms with van der Waals surface area (Å²) in [5.74, 6) is 1.41. The van der Waals surface area contributed by atoms with Gasteiger partial charge in [-0.3, -0.25) is 4.79 Å². The molecular weight excluding hydrogens is 320 g/mol. The van der Waals surface area contributed by atoms with Gasteiger partial charge in [0, 0.05) is 15.4 Å². The number of methoxy groups -OCH3 is 2. The van der Waals surface area contributed by atoms with Crippen molar-refractivity contribution in [1.29, 1.82) is 0 Å². The lowest BCUT2D eigenvalue weighted by Crippen LogP contribution is -2.34. The highest BCUT2D eigenvalue weighted by atomic mass is 32.2. The smallest absolute Gasteiger partial charge is 0.174 e. The fraction of sp³-hybridized carbons (Fsp3) is 0.350. The van der Waals surface area contributed by atoms with Crippen LogP contribution in [0, 0.1) is 0 Å². The zero-order chi connectivity index (χ0) is 17.3. The van der Waals surface area contributed by atoms with Crippen LogP contribution in [0.15, 0.2) is 46.2 Å². The minimum Gasteiger partial charge on any atom is -0.493 e. The molecule has 0 fully saturated rings. The Bertz CT molecular complexity index is 778. The van der Waals surface area contributed by atoms with Crippen LogP contribution in [0.1, 0.15) is 42.6 Å². The average Bonchev–Trinajstić information content (AvgIpc) is 2.73. The van der Waals surface area contributed by atoms with Crippen molar-refractivity contribution in [3.8, 4) is 11.5 Å². The maximum absolute atomic E-state index is 13.5. The largest absolute Gasteiger partial charge is 0.493 e. The maximum Gasteiger partial charge on any atom is 0.174 e. The van der Waals surface area contributed by atoms with E-state index in [0.29, 0.717) is 11.5 Å². The van der Waals surface area contributed by atoms with E-state index in [1.165, 1.54) is 0 Å². The summed E-state index contributed by atoms with van der Waals surface area (Å²) in [7, 11) is 3.21. The third kappa shape index (κ3) is 2.40. The molecule has 0 aliphatic carbocycles. The van der Waals surface area contributed by atoms with Crippen LogP contribution < -0.4 is 9.47 Å². The Labute approximate surface area is 147 Å². The predicted octanol–water partition coefficient (Wildman–Crippen LogP) is 5.11. The molecule has 1 heterocycles. The van der Waals surface area contributed by atoms with Crippen molar-refractivity contribution in [3.63, 3.8) is 0 Å². The number of benzene rings is 2. The molecule has 4 heteroatoms. The van der Waals surface area contributed by atoms with Crippen LogP contribution in [-0.4, -0.2) is 20.0 Å². The first-order valence-corrected chi connectivity index (χ1v) is 9.01. The number of carbonyl (C=O) groups excluding carboxylic acids is 1. The molecule has 0 bridgehead atoms. The third-order valence-electron chi connectivity index (χ3n) is 4.99. The SMILES string of the molecule is CCC1(CC)C(=O)c2cc(OC)c(OC)cc2Sc2ccccc21. The Morgan fingerprint density at radius 3 is 2.21 bits per heavy atom. The quantitative estimate of drug-likeness (QED) is 0.773. The molecule has 24 heavy (non-hydrogen) atoms. The van der Waals surface area contributed by atoms with Crippen molar-refractivity contribution in [2.45, 2.75) is 41.9 Å². The van der Waals surface area contributed by atoms with Gasteiger partial charge in [-0.25, -0.2) is 0 Å². The van der Waals surface area contributed by atoms with Gasteiger partial charge in [-0.2, -0.15) is 0 Å². The number of ketones is 1. The fourth-order valence-corrected chi connectivity index (χ4v) is 4.71. The minimum atomic E-state index is -0.492. The molecule has 0 saturated carbocycles. The summed E-state index contributed by atoms with van der Waals surface area (Å²) in [5.41, 5.74) is 1.35. The van der Waals surface area contributed by atoms with Gasteiger partial charge in [0.05, 0.1) is 19.6 Å². The maximum atomic E-state index is 13.5. The van der Waals surface area contributed by atoms with Crippen LogP contribution in [0.4, 0.5) is 0 Å². The Morgan fingerprint density at radius 1 is 0.958 bits per heavy atom. The van der Waals surface area contributed by atoms with E-state index in [4.69, 9.17) is 9.47 Å². The summed E-state index contributed by atoms with van der Waals surface area (Å²) in [6.45, 7) is 4.18. The van der Waals surface area contributed by atoms with E-state index in [1.807, 2.05) is 24.3 Å². The van der Waals surface area contributed by atoms with Crippen molar-refractivity contribution in [3.05, 3.63) is 47.5 Å². The molecule has 0 N–H and O–H groups in total. The summed E-state index contributed by atoms with van der Waals surface area (Å²) in [6, 6.07) is 12.0. The Kier molecular flexibility index (Phi) is 4.59. The molecule has 1 aliphatic heterocycles. The second kappa shape index (κ2) is 6.52. The standard InChI is InChI=1S/C20H22O3S/c1-5-20(6-2)14-9-7-8-10-17(14)24-18-12-16(23-4)15(22-3)11-13(18)19(20)21/h7-12H,5-6H2,1-4H3. The highest BCUT2D eigenvalue weighted by molar-refractivity contribution is 7.99. The highest BCUT2D eigenvalue weighted by Gasteiger charge is 2.42. The van der Waals surface area contributed by atoms with E-state index in [-0.39, 0.29) is 5.78 Å². The van der Waals surface area contributed by atoms with E-state index < -0.39 is 5.41 Å². The van der Waals surface area contributed by atoms with Crippen LogP contribution in [-0.2, 0) is 5.41 Å². The zero-order valence-corrected chi connectivity index (χ0v) is 15.3. The number of carbonyl (C=O) groups is 1. The van der Waals surface area contributed by atoms with Gasteiger partial charge in [-0.05, 0) is 36.6 Å². The molecule has 0 atom stereocenters. The summed E-state index contributed by atoms with van der Waals surface area (Å²) in [4.78, 5) is 15.6. The van der Waals surface area contributed by atoms with Gasteiger partial charge in [0.2, 0.25) is 0 Å². The molecule has 3 rings (SSSR count). The van der Waals surface area contributed by atoms with Gasteiger partial charge in [0.15, 0.2) is 17.3 Å². The first-order chi connectivity index (χ1) is 11.6. The van der Waals surface area contributed by atoms with Crippen LogP contribution in [0.2, 0.25) is 0 Å². The van der Waals surface area contributed by atoms with Crippen molar-refractivity contribution >= 4 is 17.5 Å². The molecule has 1 aliphatic rings. The van der Waals surface area contributed by atoms with Gasteiger partial charge >= 0.3 is 0 Å². The van der Waals surface area contributed by atoms with Crippen LogP contribution >= 0.6 is 11.8 Å². The van der Waals surface area contributed by atoms with E-state index in [1.54, 1.807) is 26.0 Å². The zero-order valence-electron chi connectivity index (χ0n) is 14.5. The summed E-state index contributed by atoms with van der Waals surface area (Å²) in [6.07, 6.45) is 1.54. The predicted molar refractivity (Wildman–Crippen MR) is 96.7 cm³/mol. The fourth-order valence-electron chi connectivity index (χ4n) is 3.52. The van der Waals surface area contributed by atoms with Crippen LogP contribution in [0.5, 0.6) is 11.5 Å². The normalized spacial score (nSPS) is 15.2. The van der Waals surface area contributed by atoms with E-state index in [9.17, 15) is 4.79 Å². The second-order valence-electron chi connectivity index (χ2n) is 5.92. The van der Waals surface area contributed by atoms with Gasteiger partial charge < -0.3 is 9.47 Å². The number of rotatable bonds is 4. The summed E-state index contributed by atoms with van der Waals surface area (Å²) >= 11 is 1.63. The number of ether oxygens (including phenoxy) is 2. The Hall–Kier alpha value is -1.94. The van der Waals surface area contributed by atoms with Gasteiger partial charge in [0.1, 0.15) is 0 Å². The van der Waals surface area contributed by atoms with E-state index in [2.05, 4.69) is 26.0 Å². The monoisotopic (exact) mass is 342 g/mol. The summed E-state index contributed by atoms with van der Waals surface area (Å²) in [5, 5.41) is 0. The number of fused-ring (bicyclic) bond motifs is 2. The molecule has 0 aromatic heterocycles. The van der Waals surface area contributed by atoms with Crippen LogP contribution in [0.3, 0.4) is 0 Å². The molecule has 2 aromatic rings. The first-order valence-electron chi connectivity index (χ1n) is 8.19. The lowest BCUT2D eigenvalue weighted by atomic mass is 9.70. The molecule has 126 valence electrons. The third-order valence-corrected chi connectivity index (χ3v) is 6.13. The average molecular weight is 342 g/mol. The van der Waals surface area contributed by atoms with Gasteiger partial charge in [0.25, 0.3) is 0 Å². The van der Waals surface area contributed by atoms with Gasteiger partial charge in [-0.15, -0.1) is 0 Å². The molecule has 2 aromatic carbocycles. The molecule has 0 amide bonds. The first kappa shape index (κ1) is 16.9. The van der Waals surface area contributed by atoms with Crippen LogP contribution in [0.25, 0.3) is 0 Å². The molecule has 3 nitrogen and oxygen atoms in total. The Morgan fingerprint density at radius 2 is 1.58 bits per heavy atom. The van der Waals surface area contributed by atoms with E-state index >= 15 is 0 Å². The molecule has 0 spiro atoms. The minimum absolute atomic E-state index is 0.168. The second-order valence-corrected chi connectivity index (χ2v) is 7.00. The Balaban J connectivity index is 2.31. The lowest BCUT2D eigenvalue weighted by molar-refractivity contribution is 0.0868. The summed E-state index contributed by atoms with van der Waals surface area (Å²) < 4.78 is 10.8. The molecular formula is C20H22O3S. The molecule has 0 radical (unpaired) electrons. The molecule has 0 saturated heterocycles. The van der Waals surface area contributed by atoms with Crippen molar-refractivity contribution in [2.24, 2.45) is 0 Å². The molecule has 0 unspecified atom stereocenters. The van der Waals surface area contributed by atoms with Crippen molar-refractivity contribution < 1.29 is 14.3 Å². The van der Waals surface area contributed by atoms with Crippen molar-refractivity contribution in [2.75, 3.05) is 14.2 Å². The number of hydrogen-bond acceptors (Lipinski definition) is 4. The lowest BCUT2D eigenvalue weighted by Gasteiger charge is -2.30. The van der Waals surface area contributed by atoms with Crippen molar-refractivity contribution in [1.82, 2.24) is 0 Å². The number of hydrogen-bond donors (Lipinski definition) is 0. The highest BCUT2D eigenvalue weighted by Crippen LogP contribution is 2.49.